The van der Waals surface area contributed by atoms with Crippen LogP contribution in [-0.4, -0.2) is 55.9 Å². The van der Waals surface area contributed by atoms with Gasteiger partial charge in [-0.25, -0.2) is 13.4 Å². The first-order valence-corrected chi connectivity index (χ1v) is 10.4. The summed E-state index contributed by atoms with van der Waals surface area (Å²) < 4.78 is 23.2. The molecule has 1 atom stereocenters. The van der Waals surface area contributed by atoms with Crippen molar-refractivity contribution in [1.29, 1.82) is 0 Å². The highest BCUT2D eigenvalue weighted by molar-refractivity contribution is 7.91. The summed E-state index contributed by atoms with van der Waals surface area (Å²) >= 11 is 0. The zero-order chi connectivity index (χ0) is 18.7. The third kappa shape index (κ3) is 4.22. The van der Waals surface area contributed by atoms with Gasteiger partial charge < -0.3 is 9.80 Å². The van der Waals surface area contributed by atoms with E-state index in [0.717, 1.165) is 12.2 Å². The van der Waals surface area contributed by atoms with E-state index in [0.29, 0.717) is 12.1 Å². The maximum absolute atomic E-state index is 12.6. The van der Waals surface area contributed by atoms with Crippen molar-refractivity contribution in [2.75, 3.05) is 30.5 Å². The van der Waals surface area contributed by atoms with Crippen LogP contribution in [0.15, 0.2) is 48.7 Å². The molecule has 1 fully saturated rings. The van der Waals surface area contributed by atoms with Crippen LogP contribution in [0.3, 0.4) is 0 Å². The number of carbonyl (C=O) groups excluding carboxylic acids is 1. The molecule has 0 spiro atoms. The zero-order valence-electron chi connectivity index (χ0n) is 15.0. The first-order chi connectivity index (χ1) is 12.4. The third-order valence-corrected chi connectivity index (χ3v) is 6.50. The smallest absolute Gasteiger partial charge is 0.272 e. The van der Waals surface area contributed by atoms with Crippen molar-refractivity contribution in [3.05, 3.63) is 59.9 Å². The van der Waals surface area contributed by atoms with Crippen LogP contribution in [0.4, 0.5) is 5.69 Å². The van der Waals surface area contributed by atoms with E-state index in [1.165, 1.54) is 10.5 Å². The Bertz CT molecular complexity index is 867. The van der Waals surface area contributed by atoms with Crippen LogP contribution in [0, 0.1) is 0 Å². The molecule has 0 bridgehead atoms. The van der Waals surface area contributed by atoms with E-state index < -0.39 is 9.84 Å². The van der Waals surface area contributed by atoms with Crippen LogP contribution < -0.4 is 4.90 Å². The molecule has 0 N–H and O–H groups in total. The molecule has 1 aromatic carbocycles. The lowest BCUT2D eigenvalue weighted by Gasteiger charge is -2.23. The Kier molecular flexibility index (Phi) is 5.27. The second kappa shape index (κ2) is 7.45. The lowest BCUT2D eigenvalue weighted by atomic mass is 10.2. The molecule has 1 amide bonds. The largest absolute Gasteiger partial charge is 0.369 e. The molecule has 1 saturated heterocycles. The van der Waals surface area contributed by atoms with Gasteiger partial charge >= 0.3 is 0 Å². The Morgan fingerprint density at radius 1 is 1.15 bits per heavy atom. The van der Waals surface area contributed by atoms with E-state index >= 15 is 0 Å². The SMILES string of the molecule is CN(Cc1ccccc1)c1ccc(C(=O)N(C)C2CCS(=O)(=O)C2)nc1. The molecule has 7 heteroatoms. The van der Waals surface area contributed by atoms with Crippen molar-refractivity contribution in [2.24, 2.45) is 0 Å². The quantitative estimate of drug-likeness (QED) is 0.801. The molecule has 138 valence electrons. The fraction of sp³-hybridized carbons (Fsp3) is 0.368. The van der Waals surface area contributed by atoms with E-state index in [2.05, 4.69) is 22.0 Å². The fourth-order valence-corrected chi connectivity index (χ4v) is 4.89. The van der Waals surface area contributed by atoms with E-state index in [1.807, 2.05) is 31.3 Å². The highest BCUT2D eigenvalue weighted by atomic mass is 32.2. The molecule has 2 aromatic rings. The molecule has 0 saturated carbocycles. The van der Waals surface area contributed by atoms with Crippen LogP contribution >= 0.6 is 0 Å². The predicted molar refractivity (Wildman–Crippen MR) is 102 cm³/mol. The van der Waals surface area contributed by atoms with Gasteiger partial charge in [0, 0.05) is 26.7 Å². The van der Waals surface area contributed by atoms with Crippen molar-refractivity contribution in [2.45, 2.75) is 19.0 Å². The van der Waals surface area contributed by atoms with Gasteiger partial charge in [-0.1, -0.05) is 30.3 Å². The van der Waals surface area contributed by atoms with Crippen molar-refractivity contribution in [1.82, 2.24) is 9.88 Å². The molecule has 3 rings (SSSR count). The summed E-state index contributed by atoms with van der Waals surface area (Å²) in [4.78, 5) is 20.4. The van der Waals surface area contributed by atoms with Crippen molar-refractivity contribution < 1.29 is 13.2 Å². The number of nitrogens with zero attached hydrogens (tertiary/aromatic N) is 3. The van der Waals surface area contributed by atoms with Gasteiger partial charge in [0.2, 0.25) is 0 Å². The maximum Gasteiger partial charge on any atom is 0.272 e. The van der Waals surface area contributed by atoms with E-state index in [-0.39, 0.29) is 23.5 Å². The van der Waals surface area contributed by atoms with Gasteiger partial charge in [-0.2, -0.15) is 0 Å². The second-order valence-electron chi connectivity index (χ2n) is 6.72. The van der Waals surface area contributed by atoms with Gasteiger partial charge in [-0.3, -0.25) is 4.79 Å². The van der Waals surface area contributed by atoms with Crippen LogP contribution in [-0.2, 0) is 16.4 Å². The Hall–Kier alpha value is -2.41. The molecule has 26 heavy (non-hydrogen) atoms. The van der Waals surface area contributed by atoms with Crippen LogP contribution in [0.5, 0.6) is 0 Å². The zero-order valence-corrected chi connectivity index (χ0v) is 15.8. The first-order valence-electron chi connectivity index (χ1n) is 8.54. The molecule has 1 aliphatic rings. The predicted octanol–water partition coefficient (Wildman–Crippen LogP) is 1.98. The average Bonchev–Trinajstić information content (AvgIpc) is 3.01. The summed E-state index contributed by atoms with van der Waals surface area (Å²) in [6.45, 7) is 0.746. The number of benzene rings is 1. The molecular formula is C19H23N3O3S. The number of pyridine rings is 1. The topological polar surface area (TPSA) is 70.6 Å². The molecule has 1 aliphatic heterocycles. The molecule has 2 heterocycles. The number of hydrogen-bond donors (Lipinski definition) is 0. The fourth-order valence-electron chi connectivity index (χ4n) is 3.11. The van der Waals surface area contributed by atoms with Crippen molar-refractivity contribution in [3.63, 3.8) is 0 Å². The lowest BCUT2D eigenvalue weighted by Crippen LogP contribution is -2.38. The molecule has 1 aromatic heterocycles. The molecular weight excluding hydrogens is 350 g/mol. The molecule has 0 aliphatic carbocycles. The van der Waals surface area contributed by atoms with Gasteiger partial charge in [0.1, 0.15) is 5.69 Å². The third-order valence-electron chi connectivity index (χ3n) is 4.75. The van der Waals surface area contributed by atoms with E-state index in [1.54, 1.807) is 19.3 Å². The molecule has 1 unspecified atom stereocenters. The van der Waals surface area contributed by atoms with E-state index in [4.69, 9.17) is 0 Å². The minimum absolute atomic E-state index is 0.0349. The Morgan fingerprint density at radius 3 is 2.46 bits per heavy atom. The van der Waals surface area contributed by atoms with Crippen LogP contribution in [0.25, 0.3) is 0 Å². The minimum atomic E-state index is -3.02. The number of sulfone groups is 1. The summed E-state index contributed by atoms with van der Waals surface area (Å²) in [5, 5.41) is 0. The Labute approximate surface area is 154 Å². The number of hydrogen-bond acceptors (Lipinski definition) is 5. The van der Waals surface area contributed by atoms with Gasteiger partial charge in [0.25, 0.3) is 5.91 Å². The monoisotopic (exact) mass is 373 g/mol. The van der Waals surface area contributed by atoms with Gasteiger partial charge in [-0.05, 0) is 24.1 Å². The number of rotatable bonds is 5. The first kappa shape index (κ1) is 18.4. The van der Waals surface area contributed by atoms with Gasteiger partial charge in [-0.15, -0.1) is 0 Å². The normalized spacial score (nSPS) is 18.5. The maximum atomic E-state index is 12.6. The lowest BCUT2D eigenvalue weighted by molar-refractivity contribution is 0.0742. The standard InChI is InChI=1S/C19H23N3O3S/c1-21(13-15-6-4-3-5-7-15)16-8-9-18(20-12-16)19(23)22(2)17-10-11-26(24,25)14-17/h3-9,12,17H,10-11,13-14H2,1-2H3. The Balaban J connectivity index is 1.66. The average molecular weight is 373 g/mol. The number of aromatic nitrogens is 1. The number of amides is 1. The van der Waals surface area contributed by atoms with Gasteiger partial charge in [0.05, 0.1) is 23.4 Å². The summed E-state index contributed by atoms with van der Waals surface area (Å²) in [6, 6.07) is 13.4. The minimum Gasteiger partial charge on any atom is -0.369 e. The second-order valence-corrected chi connectivity index (χ2v) is 8.94. The highest BCUT2D eigenvalue weighted by Crippen LogP contribution is 2.19. The molecule has 6 nitrogen and oxygen atoms in total. The summed E-state index contributed by atoms with van der Waals surface area (Å²) in [5.41, 5.74) is 2.43. The van der Waals surface area contributed by atoms with Crippen molar-refractivity contribution in [3.8, 4) is 0 Å². The highest BCUT2D eigenvalue weighted by Gasteiger charge is 2.33. The van der Waals surface area contributed by atoms with E-state index in [9.17, 15) is 13.2 Å². The summed E-state index contributed by atoms with van der Waals surface area (Å²) in [7, 11) is 0.592. The van der Waals surface area contributed by atoms with Crippen molar-refractivity contribution >= 4 is 21.4 Å². The van der Waals surface area contributed by atoms with Crippen LogP contribution in [0.1, 0.15) is 22.5 Å². The number of carbonyl (C=O) groups is 1. The number of anilines is 1. The van der Waals surface area contributed by atoms with Crippen LogP contribution in [0.2, 0.25) is 0 Å². The molecule has 0 radical (unpaired) electrons. The Morgan fingerprint density at radius 2 is 1.88 bits per heavy atom. The van der Waals surface area contributed by atoms with Gasteiger partial charge in [0.15, 0.2) is 9.84 Å². The summed E-state index contributed by atoms with van der Waals surface area (Å²) in [5.74, 6) is -0.0663. The summed E-state index contributed by atoms with van der Waals surface area (Å²) in [6.07, 6.45) is 2.16.